The van der Waals surface area contributed by atoms with Crippen molar-refractivity contribution in [3.63, 3.8) is 0 Å². The second-order valence-electron chi connectivity index (χ2n) is 6.18. The van der Waals surface area contributed by atoms with E-state index in [4.69, 9.17) is 0 Å². The summed E-state index contributed by atoms with van der Waals surface area (Å²) in [6.45, 7) is 3.51. The third kappa shape index (κ3) is 3.75. The summed E-state index contributed by atoms with van der Waals surface area (Å²) >= 11 is 0. The summed E-state index contributed by atoms with van der Waals surface area (Å²) in [4.78, 5) is 14.7. The summed E-state index contributed by atoms with van der Waals surface area (Å²) in [5.74, 6) is -0.0456. The van der Waals surface area contributed by atoms with Crippen LogP contribution < -0.4 is 0 Å². The maximum atomic E-state index is 12.9. The van der Waals surface area contributed by atoms with Gasteiger partial charge in [-0.1, -0.05) is 36.4 Å². The Balaban J connectivity index is 1.76. The molecule has 0 saturated carbocycles. The average Bonchev–Trinajstić information content (AvgIpc) is 2.89. The molecule has 1 saturated heterocycles. The van der Waals surface area contributed by atoms with E-state index in [-0.39, 0.29) is 5.91 Å². The van der Waals surface area contributed by atoms with E-state index in [0.717, 1.165) is 5.56 Å². The summed E-state index contributed by atoms with van der Waals surface area (Å²) < 4.78 is 27.4. The molecule has 0 radical (unpaired) electrons. The van der Waals surface area contributed by atoms with E-state index in [1.807, 2.05) is 24.3 Å². The molecule has 0 spiro atoms. The van der Waals surface area contributed by atoms with Crippen LogP contribution in [0.2, 0.25) is 0 Å². The zero-order valence-corrected chi connectivity index (χ0v) is 15.1. The number of sulfonamides is 1. The summed E-state index contributed by atoms with van der Waals surface area (Å²) in [7, 11) is -3.53. The third-order valence-electron chi connectivity index (χ3n) is 4.47. The summed E-state index contributed by atoms with van der Waals surface area (Å²) in [5.41, 5.74) is 1.38. The van der Waals surface area contributed by atoms with Crippen LogP contribution in [0.5, 0.6) is 0 Å². The highest BCUT2D eigenvalue weighted by Gasteiger charge is 2.29. The van der Waals surface area contributed by atoms with Crippen LogP contribution in [0.15, 0.2) is 59.5 Å². The molecule has 0 N–H and O–H groups in total. The molecule has 0 aromatic heterocycles. The normalized spacial score (nSPS) is 16.4. The van der Waals surface area contributed by atoms with Gasteiger partial charge >= 0.3 is 0 Å². The lowest BCUT2D eigenvalue weighted by atomic mass is 10.2. The second kappa shape index (κ2) is 7.37. The predicted octanol–water partition coefficient (Wildman–Crippen LogP) is 2.53. The third-order valence-corrected chi connectivity index (χ3v) is 6.53. The second-order valence-corrected chi connectivity index (χ2v) is 8.09. The van der Waals surface area contributed by atoms with E-state index in [2.05, 4.69) is 0 Å². The molecule has 0 bridgehead atoms. The average molecular weight is 358 g/mol. The van der Waals surface area contributed by atoms with Gasteiger partial charge in [-0.2, -0.15) is 4.31 Å². The molecule has 2 aromatic carbocycles. The molecule has 25 heavy (non-hydrogen) atoms. The lowest BCUT2D eigenvalue weighted by Crippen LogP contribution is -2.37. The molecule has 0 aliphatic carbocycles. The molecule has 0 atom stereocenters. The fourth-order valence-electron chi connectivity index (χ4n) is 3.09. The smallest absolute Gasteiger partial charge is 0.253 e. The number of benzene rings is 2. The van der Waals surface area contributed by atoms with E-state index < -0.39 is 10.0 Å². The quantitative estimate of drug-likeness (QED) is 0.847. The van der Waals surface area contributed by atoms with Crippen LogP contribution in [-0.4, -0.2) is 49.7 Å². The number of nitrogens with zero attached hydrogens (tertiary/aromatic N) is 2. The fourth-order valence-corrected chi connectivity index (χ4v) is 4.78. The Bertz CT molecular complexity index is 850. The lowest BCUT2D eigenvalue weighted by molar-refractivity contribution is 0.0764. The highest BCUT2D eigenvalue weighted by Crippen LogP contribution is 2.21. The van der Waals surface area contributed by atoms with E-state index in [1.165, 1.54) is 4.31 Å². The first-order valence-corrected chi connectivity index (χ1v) is 9.84. The van der Waals surface area contributed by atoms with Gasteiger partial charge in [0.05, 0.1) is 4.90 Å². The Labute approximate surface area is 148 Å². The van der Waals surface area contributed by atoms with Crippen molar-refractivity contribution in [3.8, 4) is 0 Å². The van der Waals surface area contributed by atoms with Crippen molar-refractivity contribution in [2.24, 2.45) is 0 Å². The summed E-state index contributed by atoms with van der Waals surface area (Å²) in [6, 6.07) is 16.1. The molecule has 1 fully saturated rings. The summed E-state index contributed by atoms with van der Waals surface area (Å²) in [6.07, 6.45) is 0.629. The van der Waals surface area contributed by atoms with Gasteiger partial charge in [0.1, 0.15) is 0 Å². The van der Waals surface area contributed by atoms with Crippen molar-refractivity contribution >= 4 is 15.9 Å². The number of hydrogen-bond acceptors (Lipinski definition) is 3. The Hall–Kier alpha value is -2.18. The number of carbonyl (C=O) groups is 1. The monoisotopic (exact) mass is 358 g/mol. The summed E-state index contributed by atoms with van der Waals surface area (Å²) in [5, 5.41) is 0. The number of amides is 1. The number of aryl methyl sites for hydroxylation is 1. The Morgan fingerprint density at radius 3 is 2.28 bits per heavy atom. The first-order chi connectivity index (χ1) is 12.0. The first-order valence-electron chi connectivity index (χ1n) is 8.40. The minimum Gasteiger partial charge on any atom is -0.337 e. The maximum Gasteiger partial charge on any atom is 0.253 e. The van der Waals surface area contributed by atoms with Gasteiger partial charge in [0, 0.05) is 31.7 Å². The first kappa shape index (κ1) is 17.6. The van der Waals surface area contributed by atoms with Crippen LogP contribution in [0, 0.1) is 6.92 Å². The van der Waals surface area contributed by atoms with Crippen molar-refractivity contribution in [1.82, 2.24) is 9.21 Å². The Kier molecular flexibility index (Phi) is 5.20. The SMILES string of the molecule is Cc1ccccc1S(=O)(=O)N1CCCN(C(=O)c2ccccc2)CC1. The lowest BCUT2D eigenvalue weighted by Gasteiger charge is -2.22. The van der Waals surface area contributed by atoms with Crippen LogP contribution in [0.4, 0.5) is 0 Å². The zero-order chi connectivity index (χ0) is 17.9. The van der Waals surface area contributed by atoms with Crippen molar-refractivity contribution in [3.05, 3.63) is 65.7 Å². The highest BCUT2D eigenvalue weighted by atomic mass is 32.2. The molecular formula is C19H22N2O3S. The van der Waals surface area contributed by atoms with Gasteiger partial charge < -0.3 is 4.90 Å². The van der Waals surface area contributed by atoms with E-state index in [1.54, 1.807) is 42.2 Å². The number of hydrogen-bond donors (Lipinski definition) is 0. The van der Waals surface area contributed by atoms with Gasteiger partial charge in [0.25, 0.3) is 5.91 Å². The zero-order valence-electron chi connectivity index (χ0n) is 14.3. The molecule has 2 aromatic rings. The Morgan fingerprint density at radius 1 is 0.880 bits per heavy atom. The van der Waals surface area contributed by atoms with Crippen molar-refractivity contribution in [1.29, 1.82) is 0 Å². The molecule has 3 rings (SSSR count). The van der Waals surface area contributed by atoms with Gasteiger partial charge in [-0.15, -0.1) is 0 Å². The molecule has 132 valence electrons. The largest absolute Gasteiger partial charge is 0.337 e. The Morgan fingerprint density at radius 2 is 1.56 bits per heavy atom. The topological polar surface area (TPSA) is 57.7 Å². The van der Waals surface area contributed by atoms with Gasteiger partial charge in [-0.05, 0) is 37.1 Å². The molecule has 6 heteroatoms. The van der Waals surface area contributed by atoms with Crippen LogP contribution >= 0.6 is 0 Å². The van der Waals surface area contributed by atoms with Crippen LogP contribution in [0.25, 0.3) is 0 Å². The molecule has 1 heterocycles. The minimum absolute atomic E-state index is 0.0456. The van der Waals surface area contributed by atoms with Gasteiger partial charge in [-0.25, -0.2) is 8.42 Å². The van der Waals surface area contributed by atoms with Crippen molar-refractivity contribution < 1.29 is 13.2 Å². The molecule has 1 aliphatic rings. The minimum atomic E-state index is -3.53. The van der Waals surface area contributed by atoms with Crippen molar-refractivity contribution in [2.45, 2.75) is 18.2 Å². The molecular weight excluding hydrogens is 336 g/mol. The van der Waals surface area contributed by atoms with E-state index in [0.29, 0.717) is 43.1 Å². The molecule has 1 amide bonds. The molecule has 0 unspecified atom stereocenters. The highest BCUT2D eigenvalue weighted by molar-refractivity contribution is 7.89. The fraction of sp³-hybridized carbons (Fsp3) is 0.316. The predicted molar refractivity (Wildman–Crippen MR) is 96.9 cm³/mol. The number of carbonyl (C=O) groups excluding carboxylic acids is 1. The van der Waals surface area contributed by atoms with Gasteiger partial charge in [0.15, 0.2) is 0 Å². The maximum absolute atomic E-state index is 12.9. The van der Waals surface area contributed by atoms with Gasteiger partial charge in [-0.3, -0.25) is 4.79 Å². The molecule has 5 nitrogen and oxygen atoms in total. The van der Waals surface area contributed by atoms with Gasteiger partial charge in [0.2, 0.25) is 10.0 Å². The van der Waals surface area contributed by atoms with Crippen LogP contribution in [0.1, 0.15) is 22.3 Å². The van der Waals surface area contributed by atoms with Crippen LogP contribution in [0.3, 0.4) is 0 Å². The standard InChI is InChI=1S/C19H22N2O3S/c1-16-8-5-6-11-18(16)25(23,24)21-13-7-12-20(14-15-21)19(22)17-9-3-2-4-10-17/h2-6,8-11H,7,12-15H2,1H3. The van der Waals surface area contributed by atoms with E-state index in [9.17, 15) is 13.2 Å². The van der Waals surface area contributed by atoms with Crippen LogP contribution in [-0.2, 0) is 10.0 Å². The van der Waals surface area contributed by atoms with E-state index >= 15 is 0 Å². The van der Waals surface area contributed by atoms with Crippen molar-refractivity contribution in [2.75, 3.05) is 26.2 Å². The molecule has 1 aliphatic heterocycles. The number of rotatable bonds is 3.